The third-order valence-corrected chi connectivity index (χ3v) is 8.73. The molecule has 0 amide bonds. The van der Waals surface area contributed by atoms with Gasteiger partial charge >= 0.3 is 0 Å². The van der Waals surface area contributed by atoms with Gasteiger partial charge in [-0.3, -0.25) is 4.99 Å². The van der Waals surface area contributed by atoms with Gasteiger partial charge in [0.1, 0.15) is 4.21 Å². The van der Waals surface area contributed by atoms with Crippen molar-refractivity contribution < 1.29 is 8.42 Å². The third kappa shape index (κ3) is 6.29. The average Bonchev–Trinajstić information content (AvgIpc) is 3.41. The standard InChI is InChI=1S/C18H27N5O2S3.HI/c1-3-19-18(23-12-10-22(11-13-23)16-6-4-14-26-16)20-8-9-21(2)28(24,25)17-7-5-15-27-17;/h4-7,14-15H,3,8-13H2,1-2H3,(H,19,20);1H. The van der Waals surface area contributed by atoms with Crippen LogP contribution in [0, 0.1) is 0 Å². The smallest absolute Gasteiger partial charge is 0.252 e. The molecule has 0 aromatic carbocycles. The molecule has 3 heterocycles. The van der Waals surface area contributed by atoms with Crippen LogP contribution in [-0.4, -0.2) is 76.4 Å². The molecule has 0 aliphatic carbocycles. The first kappa shape index (κ1) is 24.4. The van der Waals surface area contributed by atoms with E-state index in [9.17, 15) is 8.42 Å². The first-order valence-corrected chi connectivity index (χ1v) is 12.5. The lowest BCUT2D eigenvalue weighted by Gasteiger charge is -2.37. The summed E-state index contributed by atoms with van der Waals surface area (Å²) in [6, 6.07) is 7.63. The minimum absolute atomic E-state index is 0. The third-order valence-electron chi connectivity index (χ3n) is 4.57. The van der Waals surface area contributed by atoms with Crippen molar-refractivity contribution in [2.75, 3.05) is 57.8 Å². The largest absolute Gasteiger partial charge is 0.360 e. The van der Waals surface area contributed by atoms with E-state index in [-0.39, 0.29) is 24.0 Å². The fourth-order valence-electron chi connectivity index (χ4n) is 3.00. The lowest BCUT2D eigenvalue weighted by Crippen LogP contribution is -2.52. The van der Waals surface area contributed by atoms with Crippen LogP contribution in [-0.2, 0) is 10.0 Å². The predicted molar refractivity (Wildman–Crippen MR) is 134 cm³/mol. The molecule has 1 N–H and O–H groups in total. The number of likely N-dealkylation sites (N-methyl/N-ethyl adjacent to an activating group) is 1. The number of guanidine groups is 1. The van der Waals surface area contributed by atoms with E-state index in [0.29, 0.717) is 17.3 Å². The van der Waals surface area contributed by atoms with Gasteiger partial charge in [0.25, 0.3) is 10.0 Å². The molecular weight excluding hydrogens is 541 g/mol. The second kappa shape index (κ2) is 11.5. The maximum Gasteiger partial charge on any atom is 0.252 e. The first-order valence-electron chi connectivity index (χ1n) is 9.34. The number of hydrogen-bond donors (Lipinski definition) is 1. The Morgan fingerprint density at radius 1 is 1.17 bits per heavy atom. The Balaban J connectivity index is 0.00000300. The van der Waals surface area contributed by atoms with Crippen LogP contribution >= 0.6 is 46.7 Å². The molecule has 7 nitrogen and oxygen atoms in total. The highest BCUT2D eigenvalue weighted by molar-refractivity contribution is 14.0. The van der Waals surface area contributed by atoms with Crippen LogP contribution in [0.15, 0.2) is 44.2 Å². The number of halogens is 1. The molecule has 2 aromatic rings. The normalized spacial score (nSPS) is 15.5. The van der Waals surface area contributed by atoms with E-state index in [4.69, 9.17) is 0 Å². The Hall–Kier alpha value is -0.890. The van der Waals surface area contributed by atoms with Crippen LogP contribution < -0.4 is 10.2 Å². The summed E-state index contributed by atoms with van der Waals surface area (Å²) in [7, 11) is -1.81. The number of anilines is 1. The van der Waals surface area contributed by atoms with Gasteiger partial charge in [-0.15, -0.1) is 46.7 Å². The highest BCUT2D eigenvalue weighted by atomic mass is 127. The summed E-state index contributed by atoms with van der Waals surface area (Å²) < 4.78 is 26.8. The maximum atomic E-state index is 12.5. The first-order chi connectivity index (χ1) is 13.5. The predicted octanol–water partition coefficient (Wildman–Crippen LogP) is 2.84. The quantitative estimate of drug-likeness (QED) is 0.316. The van der Waals surface area contributed by atoms with Crippen molar-refractivity contribution >= 4 is 67.6 Å². The van der Waals surface area contributed by atoms with E-state index in [1.165, 1.54) is 20.6 Å². The van der Waals surface area contributed by atoms with Crippen molar-refractivity contribution in [3.8, 4) is 0 Å². The summed E-state index contributed by atoms with van der Waals surface area (Å²) in [5.41, 5.74) is 0. The Labute approximate surface area is 198 Å². The monoisotopic (exact) mass is 569 g/mol. The molecule has 0 atom stereocenters. The minimum atomic E-state index is -3.42. The highest BCUT2D eigenvalue weighted by Crippen LogP contribution is 2.22. The van der Waals surface area contributed by atoms with E-state index in [1.54, 1.807) is 35.9 Å². The zero-order valence-electron chi connectivity index (χ0n) is 16.7. The lowest BCUT2D eigenvalue weighted by atomic mass is 10.3. The van der Waals surface area contributed by atoms with E-state index in [2.05, 4.69) is 37.6 Å². The number of nitrogens with one attached hydrogen (secondary N) is 1. The molecule has 0 spiro atoms. The van der Waals surface area contributed by atoms with Gasteiger partial charge in [-0.1, -0.05) is 6.07 Å². The fraction of sp³-hybridized carbons (Fsp3) is 0.500. The second-order valence-electron chi connectivity index (χ2n) is 6.42. The van der Waals surface area contributed by atoms with Gasteiger partial charge in [-0.05, 0) is 35.9 Å². The molecule has 1 saturated heterocycles. The van der Waals surface area contributed by atoms with Crippen molar-refractivity contribution in [2.45, 2.75) is 11.1 Å². The molecule has 0 saturated carbocycles. The molecule has 3 rings (SSSR count). The van der Waals surface area contributed by atoms with Crippen LogP contribution in [0.1, 0.15) is 6.92 Å². The van der Waals surface area contributed by atoms with Gasteiger partial charge in [0.15, 0.2) is 5.96 Å². The van der Waals surface area contributed by atoms with Crippen LogP contribution in [0.3, 0.4) is 0 Å². The number of sulfonamides is 1. The van der Waals surface area contributed by atoms with Crippen LogP contribution in [0.5, 0.6) is 0 Å². The zero-order chi connectivity index (χ0) is 20.0. The number of piperazine rings is 1. The second-order valence-corrected chi connectivity index (χ2v) is 10.6. The van der Waals surface area contributed by atoms with Crippen molar-refractivity contribution in [3.05, 3.63) is 35.0 Å². The topological polar surface area (TPSA) is 68.2 Å². The average molecular weight is 570 g/mol. The number of thiophene rings is 2. The summed E-state index contributed by atoms with van der Waals surface area (Å²) in [4.78, 5) is 9.32. The molecule has 1 fully saturated rings. The zero-order valence-corrected chi connectivity index (χ0v) is 21.4. The number of hydrogen-bond acceptors (Lipinski definition) is 6. The van der Waals surface area contributed by atoms with E-state index < -0.39 is 10.0 Å². The maximum absolute atomic E-state index is 12.5. The van der Waals surface area contributed by atoms with Crippen molar-refractivity contribution in [3.63, 3.8) is 0 Å². The molecule has 0 unspecified atom stereocenters. The van der Waals surface area contributed by atoms with E-state index in [1.807, 2.05) is 6.92 Å². The molecule has 2 aromatic heterocycles. The summed E-state index contributed by atoms with van der Waals surface area (Å²) >= 11 is 3.01. The van der Waals surface area contributed by atoms with Gasteiger partial charge in [0.2, 0.25) is 0 Å². The van der Waals surface area contributed by atoms with Gasteiger partial charge in [0, 0.05) is 46.3 Å². The summed E-state index contributed by atoms with van der Waals surface area (Å²) in [5.74, 6) is 0.857. The van der Waals surface area contributed by atoms with Crippen molar-refractivity contribution in [1.82, 2.24) is 14.5 Å². The van der Waals surface area contributed by atoms with E-state index >= 15 is 0 Å². The number of aliphatic imine (C=N–C) groups is 1. The molecule has 0 radical (unpaired) electrons. The number of nitrogens with zero attached hydrogens (tertiary/aromatic N) is 4. The van der Waals surface area contributed by atoms with Gasteiger partial charge in [-0.2, -0.15) is 4.31 Å². The SMILES string of the molecule is CCNC(=NCCN(C)S(=O)(=O)c1cccs1)N1CCN(c2cccs2)CC1.I. The van der Waals surface area contributed by atoms with Crippen LogP contribution in [0.2, 0.25) is 0 Å². The molecule has 162 valence electrons. The summed E-state index contributed by atoms with van der Waals surface area (Å²) in [6.07, 6.45) is 0. The van der Waals surface area contributed by atoms with Crippen molar-refractivity contribution in [1.29, 1.82) is 0 Å². The van der Waals surface area contributed by atoms with Gasteiger partial charge < -0.3 is 15.1 Å². The molecule has 1 aliphatic heterocycles. The van der Waals surface area contributed by atoms with Crippen LogP contribution in [0.4, 0.5) is 5.00 Å². The minimum Gasteiger partial charge on any atom is -0.360 e. The molecule has 0 bridgehead atoms. The van der Waals surface area contributed by atoms with Crippen molar-refractivity contribution in [2.24, 2.45) is 4.99 Å². The Morgan fingerprint density at radius 2 is 1.86 bits per heavy atom. The van der Waals surface area contributed by atoms with Gasteiger partial charge in [-0.25, -0.2) is 8.42 Å². The summed E-state index contributed by atoms with van der Waals surface area (Å²) in [5, 5.41) is 8.52. The highest BCUT2D eigenvalue weighted by Gasteiger charge is 2.22. The van der Waals surface area contributed by atoms with Crippen LogP contribution in [0.25, 0.3) is 0 Å². The Morgan fingerprint density at radius 3 is 2.45 bits per heavy atom. The lowest BCUT2D eigenvalue weighted by molar-refractivity contribution is 0.372. The Kier molecular flexibility index (Phi) is 9.66. The van der Waals surface area contributed by atoms with E-state index in [0.717, 1.165) is 38.7 Å². The summed E-state index contributed by atoms with van der Waals surface area (Å²) in [6.45, 7) is 7.31. The molecule has 1 aliphatic rings. The molecule has 29 heavy (non-hydrogen) atoms. The molecule has 11 heteroatoms. The number of rotatable bonds is 7. The van der Waals surface area contributed by atoms with Gasteiger partial charge in [0.05, 0.1) is 11.5 Å². The molecular formula is C18H28IN5O2S3. The Bertz CT molecular complexity index is 848. The fourth-order valence-corrected chi connectivity index (χ4v) is 6.14.